The van der Waals surface area contributed by atoms with Crippen LogP contribution in [0.2, 0.25) is 0 Å². The third-order valence-corrected chi connectivity index (χ3v) is 3.63. The molecule has 0 radical (unpaired) electrons. The van der Waals surface area contributed by atoms with Gasteiger partial charge in [-0.1, -0.05) is 0 Å². The number of furan rings is 1. The van der Waals surface area contributed by atoms with Gasteiger partial charge in [0.05, 0.1) is 19.2 Å². The molecule has 120 valence electrons. The highest BCUT2D eigenvalue weighted by Crippen LogP contribution is 2.06. The Bertz CT molecular complexity index is 694. The smallest absolute Gasteiger partial charge is 0.271 e. The second kappa shape index (κ2) is 8.47. The van der Waals surface area contributed by atoms with E-state index in [1.165, 1.54) is 0 Å². The quantitative estimate of drug-likeness (QED) is 0.424. The molecule has 2 amide bonds. The Morgan fingerprint density at radius 1 is 1.22 bits per heavy atom. The van der Waals surface area contributed by atoms with Crippen molar-refractivity contribution in [2.45, 2.75) is 19.9 Å². The minimum Gasteiger partial charge on any atom is -0.467 e. The number of amides is 2. The van der Waals surface area contributed by atoms with Crippen molar-refractivity contribution in [1.82, 2.24) is 10.7 Å². The van der Waals surface area contributed by atoms with E-state index < -0.39 is 0 Å². The fourth-order valence-electron chi connectivity index (χ4n) is 1.75. The fourth-order valence-corrected chi connectivity index (χ4v) is 2.10. The molecule has 7 heteroatoms. The van der Waals surface area contributed by atoms with E-state index >= 15 is 0 Å². The molecule has 0 atom stereocenters. The Balaban J connectivity index is 1.79. The average molecular weight is 425 g/mol. The van der Waals surface area contributed by atoms with E-state index in [9.17, 15) is 9.59 Å². The summed E-state index contributed by atoms with van der Waals surface area (Å²) in [5.41, 5.74) is 3.47. The van der Waals surface area contributed by atoms with E-state index in [-0.39, 0.29) is 18.2 Å². The lowest BCUT2D eigenvalue weighted by molar-refractivity contribution is -0.120. The molecule has 0 saturated heterocycles. The van der Waals surface area contributed by atoms with Crippen molar-refractivity contribution in [3.05, 3.63) is 57.6 Å². The molecule has 1 aromatic heterocycles. The van der Waals surface area contributed by atoms with Crippen molar-refractivity contribution in [3.63, 3.8) is 0 Å². The maximum absolute atomic E-state index is 11.9. The third kappa shape index (κ3) is 5.85. The lowest BCUT2D eigenvalue weighted by Crippen LogP contribution is -2.26. The van der Waals surface area contributed by atoms with Gasteiger partial charge in [0.1, 0.15) is 5.76 Å². The zero-order chi connectivity index (χ0) is 16.7. The topological polar surface area (TPSA) is 83.7 Å². The normalized spacial score (nSPS) is 11.1. The molecule has 0 aliphatic rings. The molecular weight excluding hydrogens is 409 g/mol. The van der Waals surface area contributed by atoms with Gasteiger partial charge in [0.15, 0.2) is 0 Å². The van der Waals surface area contributed by atoms with Gasteiger partial charge in [-0.2, -0.15) is 5.10 Å². The predicted octanol–water partition coefficient (Wildman–Crippen LogP) is 2.70. The number of nitrogens with one attached hydrogen (secondary N) is 2. The van der Waals surface area contributed by atoms with Crippen LogP contribution in [0.5, 0.6) is 0 Å². The van der Waals surface area contributed by atoms with Crippen LogP contribution in [-0.4, -0.2) is 17.5 Å². The Labute approximate surface area is 147 Å². The first kappa shape index (κ1) is 17.2. The van der Waals surface area contributed by atoms with Crippen LogP contribution in [0.25, 0.3) is 0 Å². The number of halogens is 1. The van der Waals surface area contributed by atoms with Crippen molar-refractivity contribution in [3.8, 4) is 0 Å². The predicted molar refractivity (Wildman–Crippen MR) is 94.9 cm³/mol. The first-order valence-corrected chi connectivity index (χ1v) is 8.00. The molecule has 2 rings (SSSR count). The number of carbonyl (C=O) groups is 2. The van der Waals surface area contributed by atoms with Gasteiger partial charge in [0, 0.05) is 14.8 Å². The van der Waals surface area contributed by atoms with Crippen LogP contribution < -0.4 is 10.7 Å². The zero-order valence-electron chi connectivity index (χ0n) is 12.5. The molecule has 1 heterocycles. The SMILES string of the molecule is C/C(CC(=O)NCc1ccco1)=N\NC(=O)c1ccc(I)cc1. The van der Waals surface area contributed by atoms with E-state index in [1.807, 2.05) is 12.1 Å². The van der Waals surface area contributed by atoms with Crippen molar-refractivity contribution in [2.75, 3.05) is 0 Å². The maximum atomic E-state index is 11.9. The lowest BCUT2D eigenvalue weighted by atomic mass is 10.2. The number of benzene rings is 1. The third-order valence-electron chi connectivity index (χ3n) is 2.91. The average Bonchev–Trinajstić information content (AvgIpc) is 3.05. The highest BCUT2D eigenvalue weighted by Gasteiger charge is 2.07. The number of rotatable bonds is 6. The fraction of sp³-hybridized carbons (Fsp3) is 0.188. The lowest BCUT2D eigenvalue weighted by Gasteiger charge is -2.04. The van der Waals surface area contributed by atoms with Gasteiger partial charge >= 0.3 is 0 Å². The molecule has 0 bridgehead atoms. The summed E-state index contributed by atoms with van der Waals surface area (Å²) in [6, 6.07) is 10.7. The molecule has 0 aliphatic heterocycles. The van der Waals surface area contributed by atoms with Crippen molar-refractivity contribution < 1.29 is 14.0 Å². The highest BCUT2D eigenvalue weighted by molar-refractivity contribution is 14.1. The molecule has 2 N–H and O–H groups in total. The summed E-state index contributed by atoms with van der Waals surface area (Å²) in [4.78, 5) is 23.6. The van der Waals surface area contributed by atoms with E-state index in [1.54, 1.807) is 37.5 Å². The molecule has 2 aromatic rings. The summed E-state index contributed by atoms with van der Waals surface area (Å²) < 4.78 is 6.17. The molecule has 0 aliphatic carbocycles. The van der Waals surface area contributed by atoms with Gasteiger partial charge in [-0.3, -0.25) is 9.59 Å². The zero-order valence-corrected chi connectivity index (χ0v) is 14.7. The summed E-state index contributed by atoms with van der Waals surface area (Å²) in [5.74, 6) is 0.183. The highest BCUT2D eigenvalue weighted by atomic mass is 127. The molecule has 6 nitrogen and oxygen atoms in total. The van der Waals surface area contributed by atoms with Crippen LogP contribution in [-0.2, 0) is 11.3 Å². The van der Waals surface area contributed by atoms with Crippen molar-refractivity contribution >= 4 is 40.1 Å². The Morgan fingerprint density at radius 2 is 1.96 bits per heavy atom. The van der Waals surface area contributed by atoms with Crippen LogP contribution in [0.4, 0.5) is 0 Å². The summed E-state index contributed by atoms with van der Waals surface area (Å²) >= 11 is 2.17. The Kier molecular flexibility index (Phi) is 6.33. The summed E-state index contributed by atoms with van der Waals surface area (Å²) in [6.07, 6.45) is 1.65. The van der Waals surface area contributed by atoms with E-state index in [0.717, 1.165) is 3.57 Å². The van der Waals surface area contributed by atoms with Crippen molar-refractivity contribution in [1.29, 1.82) is 0 Å². The van der Waals surface area contributed by atoms with Gasteiger partial charge in [0.25, 0.3) is 5.91 Å². The first-order chi connectivity index (χ1) is 11.0. The van der Waals surface area contributed by atoms with Crippen molar-refractivity contribution in [2.24, 2.45) is 5.10 Å². The number of hydrazone groups is 1. The number of carbonyl (C=O) groups excluding carboxylic acids is 2. The van der Waals surface area contributed by atoms with E-state index in [2.05, 4.69) is 38.4 Å². The second-order valence-electron chi connectivity index (χ2n) is 4.83. The minimum atomic E-state index is -0.309. The largest absolute Gasteiger partial charge is 0.467 e. The second-order valence-corrected chi connectivity index (χ2v) is 6.07. The summed E-state index contributed by atoms with van der Waals surface area (Å²) in [7, 11) is 0. The maximum Gasteiger partial charge on any atom is 0.271 e. The van der Waals surface area contributed by atoms with E-state index in [4.69, 9.17) is 4.42 Å². The molecule has 0 fully saturated rings. The minimum absolute atomic E-state index is 0.105. The molecular formula is C16H16IN3O3. The van der Waals surface area contributed by atoms with Gasteiger partial charge in [-0.15, -0.1) is 0 Å². The molecule has 0 unspecified atom stereocenters. The number of hydrogen-bond donors (Lipinski definition) is 2. The molecule has 1 aromatic carbocycles. The summed E-state index contributed by atoms with van der Waals surface area (Å²) in [5, 5.41) is 6.65. The van der Waals surface area contributed by atoms with Crippen LogP contribution in [0.1, 0.15) is 29.5 Å². The van der Waals surface area contributed by atoms with Crippen LogP contribution in [0.3, 0.4) is 0 Å². The van der Waals surface area contributed by atoms with Crippen LogP contribution >= 0.6 is 22.6 Å². The monoisotopic (exact) mass is 425 g/mol. The van der Waals surface area contributed by atoms with Crippen LogP contribution in [0, 0.1) is 3.57 Å². The molecule has 0 saturated carbocycles. The molecule has 0 spiro atoms. The van der Waals surface area contributed by atoms with Gasteiger partial charge in [-0.25, -0.2) is 5.43 Å². The van der Waals surface area contributed by atoms with Gasteiger partial charge < -0.3 is 9.73 Å². The van der Waals surface area contributed by atoms with Gasteiger partial charge in [-0.05, 0) is 65.9 Å². The summed E-state index contributed by atoms with van der Waals surface area (Å²) in [6.45, 7) is 2.01. The first-order valence-electron chi connectivity index (χ1n) is 6.93. The number of hydrogen-bond acceptors (Lipinski definition) is 4. The standard InChI is InChI=1S/C16H16IN3O3/c1-11(9-15(21)18-10-14-3-2-8-23-14)19-20-16(22)12-4-6-13(17)7-5-12/h2-8H,9-10H2,1H3,(H,18,21)(H,20,22)/b19-11+. The number of nitrogens with zero attached hydrogens (tertiary/aromatic N) is 1. The van der Waals surface area contributed by atoms with Crippen LogP contribution in [0.15, 0.2) is 52.2 Å². The Morgan fingerprint density at radius 3 is 2.61 bits per heavy atom. The van der Waals surface area contributed by atoms with Gasteiger partial charge in [0.2, 0.25) is 5.91 Å². The molecule has 23 heavy (non-hydrogen) atoms. The Hall–Kier alpha value is -2.16. The van der Waals surface area contributed by atoms with E-state index in [0.29, 0.717) is 23.6 Å².